The average Bonchev–Trinajstić information content (AvgIpc) is 3.25. The van der Waals surface area contributed by atoms with Crippen molar-refractivity contribution in [2.75, 3.05) is 27.3 Å². The van der Waals surface area contributed by atoms with E-state index in [1.54, 1.807) is 19.2 Å². The zero-order valence-corrected chi connectivity index (χ0v) is 19.6. The van der Waals surface area contributed by atoms with Crippen LogP contribution in [-0.2, 0) is 4.79 Å². The molecule has 0 aromatic heterocycles. The van der Waals surface area contributed by atoms with Crippen molar-refractivity contribution in [2.24, 2.45) is 5.10 Å². The molecule has 1 fully saturated rings. The number of methoxy groups -OCH3 is 2. The highest BCUT2D eigenvalue weighted by Crippen LogP contribution is 2.40. The van der Waals surface area contributed by atoms with Crippen LogP contribution in [0.1, 0.15) is 49.8 Å². The molecule has 2 aromatic carbocycles. The van der Waals surface area contributed by atoms with Gasteiger partial charge < -0.3 is 9.47 Å². The van der Waals surface area contributed by atoms with Crippen molar-refractivity contribution < 1.29 is 14.3 Å². The lowest BCUT2D eigenvalue weighted by Gasteiger charge is -2.34. The van der Waals surface area contributed by atoms with E-state index in [9.17, 15) is 4.79 Å². The summed E-state index contributed by atoms with van der Waals surface area (Å²) in [5.74, 6) is 1.37. The highest BCUT2D eigenvalue weighted by Gasteiger charge is 2.36. The van der Waals surface area contributed by atoms with Crippen LogP contribution in [0.25, 0.3) is 0 Å². The van der Waals surface area contributed by atoms with Crippen LogP contribution in [0, 0.1) is 0 Å². The lowest BCUT2D eigenvalue weighted by atomic mass is 9.97. The van der Waals surface area contributed by atoms with Crippen LogP contribution in [0.5, 0.6) is 11.5 Å². The summed E-state index contributed by atoms with van der Waals surface area (Å²) >= 11 is 6.46. The van der Waals surface area contributed by atoms with Crippen molar-refractivity contribution in [1.82, 2.24) is 9.91 Å². The second-order valence-electron chi connectivity index (χ2n) is 8.41. The van der Waals surface area contributed by atoms with Crippen molar-refractivity contribution >= 4 is 23.2 Å². The van der Waals surface area contributed by atoms with Crippen LogP contribution in [0.2, 0.25) is 5.02 Å². The minimum atomic E-state index is -0.269. The summed E-state index contributed by atoms with van der Waals surface area (Å²) in [6, 6.07) is 13.5. The normalized spacial score (nSPS) is 21.4. The molecule has 2 atom stereocenters. The van der Waals surface area contributed by atoms with Gasteiger partial charge in [-0.15, -0.1) is 0 Å². The number of rotatable bonds is 6. The SMILES string of the molecule is COc1ccc([C@@H]2CC(c3ccccc3Cl)=NN2C(=O)CN2CCCC[C@H]2C)c(OC)c1. The molecule has 0 aliphatic carbocycles. The zero-order chi connectivity index (χ0) is 22.7. The van der Waals surface area contributed by atoms with Gasteiger partial charge in [-0.2, -0.15) is 5.10 Å². The Morgan fingerprint density at radius 1 is 1.16 bits per heavy atom. The number of carbonyl (C=O) groups excluding carboxylic acids is 1. The number of hydrazone groups is 1. The number of amides is 1. The molecule has 0 saturated carbocycles. The third-order valence-electron chi connectivity index (χ3n) is 6.43. The van der Waals surface area contributed by atoms with E-state index < -0.39 is 0 Å². The van der Waals surface area contributed by atoms with Crippen LogP contribution >= 0.6 is 11.6 Å². The summed E-state index contributed by atoms with van der Waals surface area (Å²) in [6.45, 7) is 3.49. The molecule has 32 heavy (non-hydrogen) atoms. The maximum atomic E-state index is 13.5. The fourth-order valence-electron chi connectivity index (χ4n) is 4.57. The van der Waals surface area contributed by atoms with Gasteiger partial charge in [-0.3, -0.25) is 9.69 Å². The Morgan fingerprint density at radius 3 is 2.69 bits per heavy atom. The first-order valence-corrected chi connectivity index (χ1v) is 11.5. The van der Waals surface area contributed by atoms with Crippen LogP contribution < -0.4 is 9.47 Å². The monoisotopic (exact) mass is 455 g/mol. The first-order valence-electron chi connectivity index (χ1n) is 11.1. The molecule has 170 valence electrons. The maximum Gasteiger partial charge on any atom is 0.257 e. The average molecular weight is 456 g/mol. The molecule has 2 heterocycles. The topological polar surface area (TPSA) is 54.4 Å². The fraction of sp³-hybridized carbons (Fsp3) is 0.440. The Bertz CT molecular complexity index is 1010. The van der Waals surface area contributed by atoms with Crippen molar-refractivity contribution in [2.45, 2.75) is 44.7 Å². The van der Waals surface area contributed by atoms with E-state index >= 15 is 0 Å². The Balaban J connectivity index is 1.68. The summed E-state index contributed by atoms with van der Waals surface area (Å²) in [5, 5.41) is 7.05. The molecular formula is C25H30ClN3O3. The Kier molecular flexibility index (Phi) is 7.01. The molecule has 7 heteroatoms. The molecule has 0 bridgehead atoms. The Morgan fingerprint density at radius 2 is 1.97 bits per heavy atom. The van der Waals surface area contributed by atoms with Gasteiger partial charge in [0.1, 0.15) is 11.5 Å². The molecule has 0 unspecified atom stereocenters. The molecule has 0 N–H and O–H groups in total. The van der Waals surface area contributed by atoms with E-state index in [1.807, 2.05) is 42.5 Å². The minimum absolute atomic E-state index is 0.0105. The largest absolute Gasteiger partial charge is 0.497 e. The van der Waals surface area contributed by atoms with Crippen molar-refractivity contribution in [3.05, 3.63) is 58.6 Å². The summed E-state index contributed by atoms with van der Waals surface area (Å²) < 4.78 is 11.0. The van der Waals surface area contributed by atoms with Crippen LogP contribution in [-0.4, -0.2) is 54.9 Å². The van der Waals surface area contributed by atoms with Gasteiger partial charge in [0.15, 0.2) is 0 Å². The number of piperidine rings is 1. The van der Waals surface area contributed by atoms with Crippen LogP contribution in [0.15, 0.2) is 47.6 Å². The third-order valence-corrected chi connectivity index (χ3v) is 6.76. The number of ether oxygens (including phenoxy) is 2. The Labute approximate surface area is 194 Å². The smallest absolute Gasteiger partial charge is 0.257 e. The molecule has 1 amide bonds. The second kappa shape index (κ2) is 9.92. The van der Waals surface area contributed by atoms with E-state index in [2.05, 4.69) is 11.8 Å². The molecule has 6 nitrogen and oxygen atoms in total. The van der Waals surface area contributed by atoms with E-state index in [0.717, 1.165) is 36.2 Å². The van der Waals surface area contributed by atoms with Gasteiger partial charge in [-0.1, -0.05) is 36.2 Å². The lowest BCUT2D eigenvalue weighted by molar-refractivity contribution is -0.135. The molecule has 2 aliphatic heterocycles. The highest BCUT2D eigenvalue weighted by atomic mass is 35.5. The lowest BCUT2D eigenvalue weighted by Crippen LogP contribution is -2.44. The predicted molar refractivity (Wildman–Crippen MR) is 127 cm³/mol. The standard InChI is InChI=1S/C25H30ClN3O3/c1-17-8-6-7-13-28(17)16-25(30)29-23(20-12-11-18(31-2)14-24(20)32-3)15-22(27-29)19-9-4-5-10-21(19)26/h4-5,9-12,14,17,23H,6-8,13,15-16H2,1-3H3/t17-,23+/m1/s1. The molecule has 0 radical (unpaired) electrons. The molecule has 2 aliphatic rings. The van der Waals surface area contributed by atoms with Gasteiger partial charge in [0, 0.05) is 34.7 Å². The molecule has 0 spiro atoms. The van der Waals surface area contributed by atoms with Gasteiger partial charge >= 0.3 is 0 Å². The van der Waals surface area contributed by atoms with Gasteiger partial charge in [-0.25, -0.2) is 5.01 Å². The van der Waals surface area contributed by atoms with E-state index in [1.165, 1.54) is 6.42 Å². The first kappa shape index (κ1) is 22.6. The molecule has 4 rings (SSSR count). The van der Waals surface area contributed by atoms with Gasteiger partial charge in [0.25, 0.3) is 5.91 Å². The van der Waals surface area contributed by atoms with E-state index in [-0.39, 0.29) is 11.9 Å². The molecular weight excluding hydrogens is 426 g/mol. The fourth-order valence-corrected chi connectivity index (χ4v) is 4.82. The second-order valence-corrected chi connectivity index (χ2v) is 8.82. The van der Waals surface area contributed by atoms with Gasteiger partial charge in [-0.05, 0) is 44.5 Å². The van der Waals surface area contributed by atoms with Gasteiger partial charge in [0.05, 0.1) is 32.5 Å². The van der Waals surface area contributed by atoms with E-state index in [0.29, 0.717) is 35.5 Å². The number of hydrogen-bond donors (Lipinski definition) is 0. The summed E-state index contributed by atoms with van der Waals surface area (Å²) in [4.78, 5) is 15.8. The zero-order valence-electron chi connectivity index (χ0n) is 18.9. The number of hydrogen-bond acceptors (Lipinski definition) is 5. The predicted octanol–water partition coefficient (Wildman–Crippen LogP) is 4.91. The summed E-state index contributed by atoms with van der Waals surface area (Å²) in [6.07, 6.45) is 4.03. The number of carbonyl (C=O) groups is 1. The van der Waals surface area contributed by atoms with E-state index in [4.69, 9.17) is 26.2 Å². The molecule has 2 aromatic rings. The highest BCUT2D eigenvalue weighted by molar-refractivity contribution is 6.34. The van der Waals surface area contributed by atoms with Crippen molar-refractivity contribution in [3.8, 4) is 11.5 Å². The number of halogens is 1. The number of nitrogens with zero attached hydrogens (tertiary/aromatic N) is 3. The van der Waals surface area contributed by atoms with Crippen LogP contribution in [0.4, 0.5) is 0 Å². The number of likely N-dealkylation sites (tertiary alicyclic amines) is 1. The first-order chi connectivity index (χ1) is 15.5. The third kappa shape index (κ3) is 4.62. The summed E-state index contributed by atoms with van der Waals surface area (Å²) in [7, 11) is 3.25. The molecule has 1 saturated heterocycles. The minimum Gasteiger partial charge on any atom is -0.497 e. The summed E-state index contributed by atoms with van der Waals surface area (Å²) in [5.41, 5.74) is 2.56. The number of benzene rings is 2. The Hall–Kier alpha value is -2.57. The van der Waals surface area contributed by atoms with Crippen LogP contribution in [0.3, 0.4) is 0 Å². The van der Waals surface area contributed by atoms with Gasteiger partial charge in [0.2, 0.25) is 0 Å². The quantitative estimate of drug-likeness (QED) is 0.621. The van der Waals surface area contributed by atoms with Crippen molar-refractivity contribution in [1.29, 1.82) is 0 Å². The van der Waals surface area contributed by atoms with Crippen molar-refractivity contribution in [3.63, 3.8) is 0 Å². The maximum absolute atomic E-state index is 13.5.